The van der Waals surface area contributed by atoms with Crippen molar-refractivity contribution in [3.8, 4) is 5.75 Å². The van der Waals surface area contributed by atoms with E-state index in [1.807, 2.05) is 30.3 Å². The van der Waals surface area contributed by atoms with Crippen LogP contribution in [-0.2, 0) is 0 Å². The highest BCUT2D eigenvalue weighted by atomic mass is 127. The number of halogens is 1. The van der Waals surface area contributed by atoms with Gasteiger partial charge in [-0.3, -0.25) is 0 Å². The smallest absolute Gasteiger partial charge is 0.120 e. The zero-order chi connectivity index (χ0) is 8.81. The van der Waals surface area contributed by atoms with Crippen molar-refractivity contribution in [3.05, 3.63) is 40.5 Å². The maximum absolute atomic E-state index is 5.45. The van der Waals surface area contributed by atoms with Crippen LogP contribution in [0, 0.1) is 3.57 Å². The second-order valence-corrected chi connectivity index (χ2v) is 3.63. The molecular formula is C10H11IO. The average molecular weight is 274 g/mol. The second-order valence-electron chi connectivity index (χ2n) is 2.38. The molecule has 0 spiro atoms. The van der Waals surface area contributed by atoms with E-state index in [0.717, 1.165) is 12.2 Å². The summed E-state index contributed by atoms with van der Waals surface area (Å²) in [6.45, 7) is 4.34. The van der Waals surface area contributed by atoms with Crippen LogP contribution >= 0.6 is 22.6 Å². The monoisotopic (exact) mass is 274 g/mol. The highest BCUT2D eigenvalue weighted by Crippen LogP contribution is 2.14. The molecule has 12 heavy (non-hydrogen) atoms. The minimum atomic E-state index is 0.712. The summed E-state index contributed by atoms with van der Waals surface area (Å²) in [6.07, 6.45) is 2.75. The quantitative estimate of drug-likeness (QED) is 0.465. The van der Waals surface area contributed by atoms with E-state index in [4.69, 9.17) is 4.74 Å². The van der Waals surface area contributed by atoms with Crippen LogP contribution in [0.25, 0.3) is 0 Å². The van der Waals surface area contributed by atoms with Gasteiger partial charge in [0.25, 0.3) is 0 Å². The van der Waals surface area contributed by atoms with Gasteiger partial charge in [-0.05, 0) is 47.2 Å². The van der Waals surface area contributed by atoms with E-state index in [2.05, 4.69) is 29.2 Å². The molecule has 1 rings (SSSR count). The van der Waals surface area contributed by atoms with Crippen molar-refractivity contribution in [2.45, 2.75) is 6.42 Å². The van der Waals surface area contributed by atoms with Gasteiger partial charge < -0.3 is 4.74 Å². The van der Waals surface area contributed by atoms with Crippen LogP contribution in [0.5, 0.6) is 5.75 Å². The molecule has 0 aliphatic heterocycles. The third-order valence-corrected chi connectivity index (χ3v) is 2.06. The van der Waals surface area contributed by atoms with Crippen molar-refractivity contribution in [2.24, 2.45) is 0 Å². The Morgan fingerprint density at radius 2 is 2.33 bits per heavy atom. The first-order chi connectivity index (χ1) is 5.83. The first-order valence-corrected chi connectivity index (χ1v) is 4.90. The number of hydrogen-bond donors (Lipinski definition) is 0. The molecule has 0 aliphatic rings. The van der Waals surface area contributed by atoms with E-state index in [9.17, 15) is 0 Å². The zero-order valence-electron chi connectivity index (χ0n) is 6.79. The molecule has 0 aromatic heterocycles. The number of benzene rings is 1. The van der Waals surface area contributed by atoms with Crippen molar-refractivity contribution < 1.29 is 4.74 Å². The van der Waals surface area contributed by atoms with Gasteiger partial charge >= 0.3 is 0 Å². The molecule has 64 valence electrons. The van der Waals surface area contributed by atoms with E-state index < -0.39 is 0 Å². The molecular weight excluding hydrogens is 263 g/mol. The molecule has 0 saturated carbocycles. The van der Waals surface area contributed by atoms with Crippen molar-refractivity contribution in [1.82, 2.24) is 0 Å². The standard InChI is InChI=1S/C10H11IO/c1-2-3-7-12-10-6-4-5-9(11)8-10/h2,4-6,8H,1,3,7H2. The van der Waals surface area contributed by atoms with E-state index in [1.54, 1.807) is 0 Å². The first-order valence-electron chi connectivity index (χ1n) is 3.82. The lowest BCUT2D eigenvalue weighted by atomic mass is 10.3. The normalized spacial score (nSPS) is 9.42. The number of rotatable bonds is 4. The van der Waals surface area contributed by atoms with Crippen molar-refractivity contribution in [2.75, 3.05) is 6.61 Å². The molecule has 2 heteroatoms. The largest absolute Gasteiger partial charge is 0.493 e. The molecule has 1 nitrogen and oxygen atoms in total. The Kier molecular flexibility index (Phi) is 4.14. The molecule has 0 unspecified atom stereocenters. The Hall–Kier alpha value is -0.510. The van der Waals surface area contributed by atoms with E-state index >= 15 is 0 Å². The van der Waals surface area contributed by atoms with Gasteiger partial charge in [-0.2, -0.15) is 0 Å². The van der Waals surface area contributed by atoms with E-state index in [0.29, 0.717) is 6.61 Å². The Labute approximate surface area is 86.6 Å². The highest BCUT2D eigenvalue weighted by molar-refractivity contribution is 14.1. The highest BCUT2D eigenvalue weighted by Gasteiger charge is 1.92. The SMILES string of the molecule is C=CCCOc1cccc(I)c1. The van der Waals surface area contributed by atoms with Gasteiger partial charge in [0.1, 0.15) is 5.75 Å². The van der Waals surface area contributed by atoms with Crippen LogP contribution in [-0.4, -0.2) is 6.61 Å². The summed E-state index contributed by atoms with van der Waals surface area (Å²) < 4.78 is 6.65. The number of ether oxygens (including phenoxy) is 1. The van der Waals surface area contributed by atoms with Gasteiger partial charge in [-0.25, -0.2) is 0 Å². The lowest BCUT2D eigenvalue weighted by Crippen LogP contribution is -1.95. The Morgan fingerprint density at radius 1 is 1.50 bits per heavy atom. The van der Waals surface area contributed by atoms with Gasteiger partial charge in [0.2, 0.25) is 0 Å². The van der Waals surface area contributed by atoms with Gasteiger partial charge in [-0.1, -0.05) is 12.1 Å². The van der Waals surface area contributed by atoms with Gasteiger partial charge in [-0.15, -0.1) is 6.58 Å². The first kappa shape index (κ1) is 9.58. The Balaban J connectivity index is 2.46. The van der Waals surface area contributed by atoms with Crippen LogP contribution in [0.1, 0.15) is 6.42 Å². The molecule has 1 aromatic rings. The Bertz CT molecular complexity index is 258. The van der Waals surface area contributed by atoms with Gasteiger partial charge in [0.15, 0.2) is 0 Å². The number of hydrogen-bond acceptors (Lipinski definition) is 1. The predicted molar refractivity (Wildman–Crippen MR) is 59.5 cm³/mol. The van der Waals surface area contributed by atoms with E-state index in [-0.39, 0.29) is 0 Å². The molecule has 0 fully saturated rings. The summed E-state index contributed by atoms with van der Waals surface area (Å²) >= 11 is 2.27. The summed E-state index contributed by atoms with van der Waals surface area (Å²) in [5.74, 6) is 0.934. The summed E-state index contributed by atoms with van der Waals surface area (Å²) in [4.78, 5) is 0. The Morgan fingerprint density at radius 3 is 3.00 bits per heavy atom. The molecule has 0 radical (unpaired) electrons. The molecule has 0 amide bonds. The van der Waals surface area contributed by atoms with Gasteiger partial charge in [0, 0.05) is 3.57 Å². The summed E-state index contributed by atoms with van der Waals surface area (Å²) in [6, 6.07) is 8.01. The average Bonchev–Trinajstić information content (AvgIpc) is 2.05. The maximum Gasteiger partial charge on any atom is 0.120 e. The predicted octanol–water partition coefficient (Wildman–Crippen LogP) is 3.25. The fourth-order valence-corrected chi connectivity index (χ4v) is 1.33. The maximum atomic E-state index is 5.45. The van der Waals surface area contributed by atoms with Crippen molar-refractivity contribution in [1.29, 1.82) is 0 Å². The lowest BCUT2D eigenvalue weighted by molar-refractivity contribution is 0.325. The van der Waals surface area contributed by atoms with Crippen LogP contribution in [0.2, 0.25) is 0 Å². The van der Waals surface area contributed by atoms with Crippen LogP contribution in [0.3, 0.4) is 0 Å². The third kappa shape index (κ3) is 3.26. The molecule has 0 N–H and O–H groups in total. The molecule has 0 saturated heterocycles. The summed E-state index contributed by atoms with van der Waals surface area (Å²) in [5, 5.41) is 0. The van der Waals surface area contributed by atoms with E-state index in [1.165, 1.54) is 3.57 Å². The molecule has 0 heterocycles. The third-order valence-electron chi connectivity index (χ3n) is 1.39. The molecule has 1 aromatic carbocycles. The van der Waals surface area contributed by atoms with Crippen molar-refractivity contribution >= 4 is 22.6 Å². The molecule has 0 bridgehead atoms. The summed E-state index contributed by atoms with van der Waals surface area (Å²) in [7, 11) is 0. The lowest BCUT2D eigenvalue weighted by Gasteiger charge is -2.03. The minimum Gasteiger partial charge on any atom is -0.493 e. The van der Waals surface area contributed by atoms with Crippen LogP contribution < -0.4 is 4.74 Å². The van der Waals surface area contributed by atoms with Crippen molar-refractivity contribution in [3.63, 3.8) is 0 Å². The minimum absolute atomic E-state index is 0.712. The summed E-state index contributed by atoms with van der Waals surface area (Å²) in [5.41, 5.74) is 0. The fourth-order valence-electron chi connectivity index (χ4n) is 0.817. The molecule has 0 atom stereocenters. The zero-order valence-corrected chi connectivity index (χ0v) is 8.95. The topological polar surface area (TPSA) is 9.23 Å². The second kappa shape index (κ2) is 5.19. The van der Waals surface area contributed by atoms with Crippen LogP contribution in [0.4, 0.5) is 0 Å². The molecule has 0 aliphatic carbocycles. The van der Waals surface area contributed by atoms with Gasteiger partial charge in [0.05, 0.1) is 6.61 Å². The fraction of sp³-hybridized carbons (Fsp3) is 0.200. The van der Waals surface area contributed by atoms with Crippen LogP contribution in [0.15, 0.2) is 36.9 Å².